The van der Waals surface area contributed by atoms with E-state index in [1.54, 1.807) is 7.11 Å². The molecule has 2 heterocycles. The highest BCUT2D eigenvalue weighted by Gasteiger charge is 2.42. The lowest BCUT2D eigenvalue weighted by Gasteiger charge is -2.29. The summed E-state index contributed by atoms with van der Waals surface area (Å²) in [5, 5.41) is 9.27. The molecule has 3 N–H and O–H groups in total. The SMILES string of the molecule is CCOCCOP(=S)(OCCC(CCNC(=O)CCCC1SCC2NC(=O)NC21)OC)OC(C)(C)C. The maximum atomic E-state index is 12.3. The van der Waals surface area contributed by atoms with E-state index in [0.717, 1.165) is 18.6 Å². The molecule has 0 aromatic carbocycles. The van der Waals surface area contributed by atoms with Crippen LogP contribution in [0, 0.1) is 0 Å². The van der Waals surface area contributed by atoms with E-state index in [-0.39, 0.29) is 30.1 Å². The molecule has 0 bridgehead atoms. The lowest BCUT2D eigenvalue weighted by molar-refractivity contribution is -0.121. The van der Waals surface area contributed by atoms with Crippen molar-refractivity contribution in [2.75, 3.05) is 45.8 Å². The summed E-state index contributed by atoms with van der Waals surface area (Å²) in [4.78, 5) is 23.8. The number of hydrogen-bond acceptors (Lipinski definition) is 9. The van der Waals surface area contributed by atoms with Gasteiger partial charge in [-0.3, -0.25) is 4.79 Å². The van der Waals surface area contributed by atoms with Crippen LogP contribution >= 0.6 is 18.5 Å². The number of nitrogens with one attached hydrogen (secondary N) is 3. The second-order valence-corrected chi connectivity index (χ2v) is 14.0. The van der Waals surface area contributed by atoms with Crippen LogP contribution in [0.25, 0.3) is 0 Å². The number of fused-ring (bicyclic) bond motifs is 1. The predicted octanol–water partition coefficient (Wildman–Crippen LogP) is 3.34. The molecule has 0 spiro atoms. The molecule has 13 heteroatoms. The monoisotopic (exact) mass is 569 g/mol. The van der Waals surface area contributed by atoms with Gasteiger partial charge in [-0.05, 0) is 65.2 Å². The molecule has 3 amide bonds. The zero-order valence-corrected chi connectivity index (χ0v) is 24.7. The van der Waals surface area contributed by atoms with Crippen LogP contribution in [0.15, 0.2) is 0 Å². The van der Waals surface area contributed by atoms with Crippen LogP contribution < -0.4 is 16.0 Å². The van der Waals surface area contributed by atoms with Crippen LogP contribution in [0.4, 0.5) is 4.79 Å². The molecule has 0 saturated carbocycles. The Labute approximate surface area is 225 Å². The molecule has 5 unspecified atom stereocenters. The molecule has 0 aromatic rings. The minimum Gasteiger partial charge on any atom is -0.381 e. The quantitative estimate of drug-likeness (QED) is 0.130. The van der Waals surface area contributed by atoms with Crippen molar-refractivity contribution in [3.63, 3.8) is 0 Å². The topological polar surface area (TPSA) is 116 Å². The second kappa shape index (κ2) is 15.8. The number of methoxy groups -OCH3 is 1. The highest BCUT2D eigenvalue weighted by Crippen LogP contribution is 2.53. The highest BCUT2D eigenvalue weighted by atomic mass is 32.5. The van der Waals surface area contributed by atoms with Gasteiger partial charge < -0.3 is 39.0 Å². The maximum absolute atomic E-state index is 12.3. The number of carbonyl (C=O) groups is 2. The summed E-state index contributed by atoms with van der Waals surface area (Å²) in [5.74, 6) is 0.963. The van der Waals surface area contributed by atoms with Gasteiger partial charge in [0.25, 0.3) is 0 Å². The highest BCUT2D eigenvalue weighted by molar-refractivity contribution is 8.07. The Kier molecular flexibility index (Phi) is 14.0. The van der Waals surface area contributed by atoms with Crippen molar-refractivity contribution in [1.82, 2.24) is 16.0 Å². The molecule has 10 nitrogen and oxygen atoms in total. The molecule has 2 aliphatic heterocycles. The van der Waals surface area contributed by atoms with E-state index >= 15 is 0 Å². The lowest BCUT2D eigenvalue weighted by Crippen LogP contribution is -2.37. The molecule has 0 aliphatic carbocycles. The zero-order valence-electron chi connectivity index (χ0n) is 22.2. The average molecular weight is 570 g/mol. The summed E-state index contributed by atoms with van der Waals surface area (Å²) < 4.78 is 28.5. The third kappa shape index (κ3) is 11.9. The number of rotatable bonds is 18. The Bertz CT molecular complexity index is 741. The van der Waals surface area contributed by atoms with Crippen molar-refractivity contribution in [2.45, 2.75) is 88.8 Å². The van der Waals surface area contributed by atoms with Crippen LogP contribution in [0.5, 0.6) is 0 Å². The molecule has 5 atom stereocenters. The van der Waals surface area contributed by atoms with E-state index in [0.29, 0.717) is 57.5 Å². The van der Waals surface area contributed by atoms with Crippen molar-refractivity contribution >= 4 is 42.2 Å². The van der Waals surface area contributed by atoms with E-state index in [4.69, 9.17) is 34.9 Å². The van der Waals surface area contributed by atoms with E-state index in [1.807, 2.05) is 39.5 Å². The summed E-state index contributed by atoms with van der Waals surface area (Å²) in [6.45, 7) is 6.95. The van der Waals surface area contributed by atoms with Crippen molar-refractivity contribution in [2.24, 2.45) is 0 Å². The van der Waals surface area contributed by atoms with E-state index in [9.17, 15) is 9.59 Å². The first-order valence-electron chi connectivity index (χ1n) is 12.7. The fraction of sp³-hybridized carbons (Fsp3) is 0.913. The third-order valence-electron chi connectivity index (χ3n) is 5.71. The fourth-order valence-corrected chi connectivity index (χ4v) is 8.16. The molecule has 0 radical (unpaired) electrons. The number of thioether (sulfide) groups is 1. The molecule has 2 saturated heterocycles. The Morgan fingerprint density at radius 1 is 1.22 bits per heavy atom. The van der Waals surface area contributed by atoms with Crippen molar-refractivity contribution < 1.29 is 32.6 Å². The van der Waals surface area contributed by atoms with Gasteiger partial charge in [0.15, 0.2) is 0 Å². The van der Waals surface area contributed by atoms with Crippen LogP contribution in [0.1, 0.15) is 59.8 Å². The van der Waals surface area contributed by atoms with E-state index in [1.165, 1.54) is 0 Å². The van der Waals surface area contributed by atoms with Gasteiger partial charge in [0.2, 0.25) is 5.91 Å². The van der Waals surface area contributed by atoms with E-state index < -0.39 is 12.3 Å². The van der Waals surface area contributed by atoms with Crippen LogP contribution in [-0.4, -0.2) is 86.8 Å². The number of amides is 3. The second-order valence-electron chi connectivity index (χ2n) is 9.81. The fourth-order valence-electron chi connectivity index (χ4n) is 4.02. The first kappa shape index (κ1) is 31.8. The Morgan fingerprint density at radius 3 is 2.67 bits per heavy atom. The summed E-state index contributed by atoms with van der Waals surface area (Å²) in [6.07, 6.45) is 3.37. The molecule has 36 heavy (non-hydrogen) atoms. The molecule has 2 aliphatic rings. The smallest absolute Gasteiger partial charge is 0.327 e. The summed E-state index contributed by atoms with van der Waals surface area (Å²) in [6, 6.07) is 0.309. The molecule has 2 fully saturated rings. The normalized spacial score (nSPS) is 24.0. The van der Waals surface area contributed by atoms with Crippen molar-refractivity contribution in [3.8, 4) is 0 Å². The summed E-state index contributed by atoms with van der Waals surface area (Å²) in [5.41, 5.74) is -0.494. The predicted molar refractivity (Wildman–Crippen MR) is 146 cm³/mol. The number of urea groups is 1. The molecule has 210 valence electrons. The summed E-state index contributed by atoms with van der Waals surface area (Å²) in [7, 11) is 1.65. The van der Waals surface area contributed by atoms with Gasteiger partial charge in [-0.1, -0.05) is 0 Å². The third-order valence-corrected chi connectivity index (χ3v) is 9.84. The standard InChI is InChI=1S/C23H44N3O7PS2/c1-6-30-14-15-32-34(35,33-23(2,3)4)31-13-11-17(29-5)10-12-24-20(27)9-7-8-19-21-18(16-36-19)25-22(28)26-21/h17-19,21H,6-16H2,1-5H3,(H,24,27)(H2,25,26,28). The number of ether oxygens (including phenoxy) is 2. The number of carbonyl (C=O) groups excluding carboxylic acids is 2. The van der Waals surface area contributed by atoms with Crippen LogP contribution in [0.3, 0.4) is 0 Å². The lowest BCUT2D eigenvalue weighted by atomic mass is 10.0. The largest absolute Gasteiger partial charge is 0.381 e. The number of hydrogen-bond donors (Lipinski definition) is 3. The van der Waals surface area contributed by atoms with Crippen LogP contribution in [0.2, 0.25) is 0 Å². The van der Waals surface area contributed by atoms with Crippen molar-refractivity contribution in [3.05, 3.63) is 0 Å². The Morgan fingerprint density at radius 2 is 1.97 bits per heavy atom. The molecular formula is C23H44N3O7PS2. The molecular weight excluding hydrogens is 525 g/mol. The van der Waals surface area contributed by atoms with Gasteiger partial charge >= 0.3 is 12.7 Å². The average Bonchev–Trinajstić information content (AvgIpc) is 3.34. The van der Waals surface area contributed by atoms with Gasteiger partial charge in [0.1, 0.15) is 0 Å². The van der Waals surface area contributed by atoms with Gasteiger partial charge in [-0.25, -0.2) is 4.79 Å². The first-order valence-corrected chi connectivity index (χ1v) is 16.3. The van der Waals surface area contributed by atoms with Gasteiger partial charge in [-0.15, -0.1) is 0 Å². The first-order chi connectivity index (χ1) is 17.0. The van der Waals surface area contributed by atoms with Gasteiger partial charge in [0.05, 0.1) is 43.6 Å². The minimum absolute atomic E-state index is 0.0333. The Hall–Kier alpha value is -0.460. The van der Waals surface area contributed by atoms with Gasteiger partial charge in [0, 0.05) is 37.7 Å². The molecule has 0 aromatic heterocycles. The molecule has 2 rings (SSSR count). The van der Waals surface area contributed by atoms with Gasteiger partial charge in [-0.2, -0.15) is 11.8 Å². The summed E-state index contributed by atoms with van der Waals surface area (Å²) >= 11 is 7.45. The zero-order chi connectivity index (χ0) is 26.6. The minimum atomic E-state index is -2.92. The van der Waals surface area contributed by atoms with Crippen molar-refractivity contribution in [1.29, 1.82) is 0 Å². The maximum Gasteiger partial charge on any atom is 0.327 e. The Balaban J connectivity index is 1.62. The van der Waals surface area contributed by atoms with E-state index in [2.05, 4.69) is 16.0 Å². The van der Waals surface area contributed by atoms with Crippen LogP contribution in [-0.2, 0) is 39.6 Å².